The summed E-state index contributed by atoms with van der Waals surface area (Å²) in [5, 5.41) is 4.20. The van der Waals surface area contributed by atoms with Crippen molar-refractivity contribution >= 4 is 56.4 Å². The number of rotatable bonds is 4. The first-order valence-corrected chi connectivity index (χ1v) is 18.5. The number of benzene rings is 4. The average molecular weight is 515 g/mol. The molecule has 0 spiro atoms. The second-order valence-electron chi connectivity index (χ2n) is 8.59. The zero-order valence-corrected chi connectivity index (χ0v) is 23.2. The van der Waals surface area contributed by atoms with Crippen LogP contribution in [0, 0.1) is 0 Å². The summed E-state index contributed by atoms with van der Waals surface area (Å²) < 4.78 is 27.8. The van der Waals surface area contributed by atoms with Crippen molar-refractivity contribution in [2.24, 2.45) is 0 Å². The molecule has 0 N–H and O–H groups in total. The van der Waals surface area contributed by atoms with E-state index in [1.807, 2.05) is 72.8 Å². The van der Waals surface area contributed by atoms with E-state index in [-0.39, 0.29) is 10.0 Å². The lowest BCUT2D eigenvalue weighted by molar-refractivity contribution is 0.277. The highest BCUT2D eigenvalue weighted by Crippen LogP contribution is 2.25. The molecule has 1 saturated heterocycles. The van der Waals surface area contributed by atoms with Crippen LogP contribution in [-0.4, -0.2) is 35.7 Å². The summed E-state index contributed by atoms with van der Waals surface area (Å²) in [6.45, 7) is 4.21. The molecule has 5 rings (SSSR count). The SMILES string of the molecule is C[Si]1(C)O[Si](c2ccccc2)(c2ccccc2)O[Si]O[Si](c2ccccc2)(c2ccccc2)O1. The Bertz CT molecular complexity index is 1030. The fourth-order valence-electron chi connectivity index (χ4n) is 4.33. The Morgan fingerprint density at radius 2 is 0.706 bits per heavy atom. The molecular weight excluding hydrogens is 489 g/mol. The largest absolute Gasteiger partial charge is 0.414 e. The van der Waals surface area contributed by atoms with Gasteiger partial charge in [-0.1, -0.05) is 121 Å². The second kappa shape index (κ2) is 9.68. The topological polar surface area (TPSA) is 36.9 Å². The predicted molar refractivity (Wildman–Crippen MR) is 143 cm³/mol. The van der Waals surface area contributed by atoms with Crippen LogP contribution >= 0.6 is 0 Å². The lowest BCUT2D eigenvalue weighted by atomic mass is 10.4. The van der Waals surface area contributed by atoms with Gasteiger partial charge in [-0.3, -0.25) is 0 Å². The van der Waals surface area contributed by atoms with Crippen molar-refractivity contribution in [1.82, 2.24) is 0 Å². The fraction of sp³-hybridized carbons (Fsp3) is 0.0769. The van der Waals surface area contributed by atoms with Crippen molar-refractivity contribution in [3.05, 3.63) is 121 Å². The molecule has 0 aromatic heterocycles. The van der Waals surface area contributed by atoms with Gasteiger partial charge >= 0.3 is 35.7 Å². The molecule has 2 radical (unpaired) electrons. The van der Waals surface area contributed by atoms with Crippen molar-refractivity contribution in [3.63, 3.8) is 0 Å². The van der Waals surface area contributed by atoms with Gasteiger partial charge in [-0.25, -0.2) is 0 Å². The third kappa shape index (κ3) is 4.47. The molecular formula is C26H26O4Si4. The van der Waals surface area contributed by atoms with Crippen molar-refractivity contribution in [2.45, 2.75) is 13.1 Å². The van der Waals surface area contributed by atoms with Gasteiger partial charge in [0.15, 0.2) is 0 Å². The maximum atomic E-state index is 7.13. The smallest absolute Gasteiger partial charge is 0.409 e. The van der Waals surface area contributed by atoms with Gasteiger partial charge in [0, 0.05) is 0 Å². The first-order chi connectivity index (χ1) is 16.5. The van der Waals surface area contributed by atoms with Crippen LogP contribution in [0.2, 0.25) is 13.1 Å². The zero-order chi connectivity index (χ0) is 23.5. The summed E-state index contributed by atoms with van der Waals surface area (Å²) in [5.74, 6) is 0. The van der Waals surface area contributed by atoms with Crippen LogP contribution in [0.4, 0.5) is 0 Å². The van der Waals surface area contributed by atoms with Gasteiger partial charge in [0.2, 0.25) is 0 Å². The first kappa shape index (κ1) is 23.3. The molecule has 4 aromatic rings. The summed E-state index contributed by atoms with van der Waals surface area (Å²) in [7, 11) is -9.17. The minimum Gasteiger partial charge on any atom is -0.409 e. The molecule has 4 aromatic carbocycles. The quantitative estimate of drug-likeness (QED) is 0.393. The van der Waals surface area contributed by atoms with E-state index < -0.39 is 25.7 Å². The van der Waals surface area contributed by atoms with Gasteiger partial charge in [-0.05, 0) is 33.8 Å². The summed E-state index contributed by atoms with van der Waals surface area (Å²) in [4.78, 5) is 0. The van der Waals surface area contributed by atoms with E-state index in [1.165, 1.54) is 0 Å². The number of hydrogen-bond acceptors (Lipinski definition) is 4. The summed E-state index contributed by atoms with van der Waals surface area (Å²) in [6, 6.07) is 41.1. The highest BCUT2D eigenvalue weighted by atomic mass is 28.5. The van der Waals surface area contributed by atoms with Gasteiger partial charge in [-0.15, -0.1) is 0 Å². The molecule has 0 atom stereocenters. The van der Waals surface area contributed by atoms with E-state index in [0.717, 1.165) is 20.7 Å². The normalized spacial score (nSPS) is 19.0. The Labute approximate surface area is 206 Å². The molecule has 0 aliphatic carbocycles. The van der Waals surface area contributed by atoms with E-state index in [0.29, 0.717) is 0 Å². The van der Waals surface area contributed by atoms with Crippen molar-refractivity contribution < 1.29 is 16.5 Å². The lowest BCUT2D eigenvalue weighted by Crippen LogP contribution is -2.75. The highest BCUT2D eigenvalue weighted by Gasteiger charge is 2.56. The third-order valence-electron chi connectivity index (χ3n) is 5.77. The van der Waals surface area contributed by atoms with Gasteiger partial charge in [-0.2, -0.15) is 0 Å². The molecule has 0 bridgehead atoms. The van der Waals surface area contributed by atoms with E-state index >= 15 is 0 Å². The highest BCUT2D eigenvalue weighted by molar-refractivity contribution is 7.04. The van der Waals surface area contributed by atoms with E-state index in [2.05, 4.69) is 61.6 Å². The molecule has 1 heterocycles. The lowest BCUT2D eigenvalue weighted by Gasteiger charge is -2.45. The van der Waals surface area contributed by atoms with E-state index in [9.17, 15) is 0 Å². The molecule has 0 unspecified atom stereocenters. The van der Waals surface area contributed by atoms with Crippen molar-refractivity contribution in [1.29, 1.82) is 0 Å². The van der Waals surface area contributed by atoms with Crippen LogP contribution in [-0.2, 0) is 16.5 Å². The second-order valence-corrected chi connectivity index (χ2v) is 19.6. The Balaban J connectivity index is 1.64. The van der Waals surface area contributed by atoms with Crippen LogP contribution in [0.25, 0.3) is 0 Å². The maximum absolute atomic E-state index is 7.13. The summed E-state index contributed by atoms with van der Waals surface area (Å²) >= 11 is 0. The molecule has 1 aliphatic heterocycles. The van der Waals surface area contributed by atoms with E-state index in [4.69, 9.17) is 16.5 Å². The summed E-state index contributed by atoms with van der Waals surface area (Å²) in [6.07, 6.45) is 0. The van der Waals surface area contributed by atoms with Crippen molar-refractivity contribution in [3.8, 4) is 0 Å². The Kier molecular flexibility index (Phi) is 6.65. The van der Waals surface area contributed by atoms with Crippen LogP contribution < -0.4 is 20.7 Å². The van der Waals surface area contributed by atoms with Crippen LogP contribution in [0.1, 0.15) is 0 Å². The molecule has 1 fully saturated rings. The molecule has 4 nitrogen and oxygen atoms in total. The fourth-order valence-corrected chi connectivity index (χ4v) is 19.9. The Morgan fingerprint density at radius 1 is 0.441 bits per heavy atom. The van der Waals surface area contributed by atoms with Crippen molar-refractivity contribution in [2.75, 3.05) is 0 Å². The van der Waals surface area contributed by atoms with Gasteiger partial charge in [0.05, 0.1) is 0 Å². The molecule has 34 heavy (non-hydrogen) atoms. The van der Waals surface area contributed by atoms with Gasteiger partial charge < -0.3 is 16.5 Å². The van der Waals surface area contributed by atoms with Crippen LogP contribution in [0.5, 0.6) is 0 Å². The number of hydrogen-bond donors (Lipinski definition) is 0. The van der Waals surface area contributed by atoms with Gasteiger partial charge in [0.25, 0.3) is 0 Å². The van der Waals surface area contributed by atoms with E-state index in [1.54, 1.807) is 0 Å². The predicted octanol–water partition coefficient (Wildman–Crippen LogP) is 2.82. The maximum Gasteiger partial charge on any atom is 0.414 e. The third-order valence-corrected chi connectivity index (χ3v) is 19.3. The first-order valence-electron chi connectivity index (χ1n) is 11.3. The standard InChI is InChI=1S/C26H26O4Si4/c1-32(2)29-33(23-15-7-3-8-16-23,24-17-9-4-10-18-24)27-31-28-34(30-32,25-19-11-5-12-20-25)26-21-13-6-14-22-26/h3-22H,1-2H3. The Hall–Kier alpha value is -2.41. The minimum atomic E-state index is -3.07. The molecule has 8 heteroatoms. The molecule has 0 amide bonds. The Morgan fingerprint density at radius 3 is 0.971 bits per heavy atom. The van der Waals surface area contributed by atoms with Crippen LogP contribution in [0.15, 0.2) is 121 Å². The van der Waals surface area contributed by atoms with Crippen LogP contribution in [0.3, 0.4) is 0 Å². The molecule has 1 aliphatic rings. The zero-order valence-electron chi connectivity index (χ0n) is 19.2. The minimum absolute atomic E-state index is 0.233. The molecule has 170 valence electrons. The van der Waals surface area contributed by atoms with Gasteiger partial charge in [0.1, 0.15) is 0 Å². The molecule has 0 saturated carbocycles. The average Bonchev–Trinajstić information content (AvgIpc) is 2.88. The summed E-state index contributed by atoms with van der Waals surface area (Å²) in [5.41, 5.74) is 0. The monoisotopic (exact) mass is 514 g/mol.